The molecule has 0 radical (unpaired) electrons. The summed E-state index contributed by atoms with van der Waals surface area (Å²) in [5.74, 6) is 0.157. The van der Waals surface area contributed by atoms with E-state index in [4.69, 9.17) is 11.6 Å². The number of fused-ring (bicyclic) bond motifs is 1. The van der Waals surface area contributed by atoms with Crippen molar-refractivity contribution >= 4 is 23.4 Å². The largest absolute Gasteiger partial charge is 0.446 e. The molecule has 6 nitrogen and oxygen atoms in total. The lowest BCUT2D eigenvalue weighted by Crippen LogP contribution is -2.36. The van der Waals surface area contributed by atoms with E-state index >= 15 is 0 Å². The van der Waals surface area contributed by atoms with Gasteiger partial charge in [-0.15, -0.1) is 0 Å². The summed E-state index contributed by atoms with van der Waals surface area (Å²) in [5.41, 5.74) is -5.12. The molecule has 2 aliphatic heterocycles. The van der Waals surface area contributed by atoms with Crippen molar-refractivity contribution < 1.29 is 13.2 Å². The third-order valence-electron chi connectivity index (χ3n) is 4.32. The minimum Gasteiger partial charge on any atom is -0.328 e. The second kappa shape index (κ2) is 8.20. The SMILES string of the molecule is O=c1nc2n(Cc3ccc(Cl)nc3)cccc-2c(=O)n1-c1cccc(SC(F)(F)F)c1. The molecule has 1 aromatic heterocycles. The number of thioether (sulfide) groups is 1. The van der Waals surface area contributed by atoms with Crippen LogP contribution in [-0.2, 0) is 6.54 Å². The predicted octanol–water partition coefficient (Wildman–Crippen LogP) is 4.21. The molecular weight excluding hydrogens is 453 g/mol. The molecule has 3 heterocycles. The summed E-state index contributed by atoms with van der Waals surface area (Å²) in [6.45, 7) is 0.287. The van der Waals surface area contributed by atoms with Crippen LogP contribution in [0.1, 0.15) is 5.56 Å². The molecule has 0 aliphatic carbocycles. The Morgan fingerprint density at radius 1 is 1.06 bits per heavy atom. The average Bonchev–Trinajstić information content (AvgIpc) is 2.69. The molecular formula is C20H12ClF3N4O2S. The van der Waals surface area contributed by atoms with Gasteiger partial charge in [-0.25, -0.2) is 14.3 Å². The first-order valence-corrected chi connectivity index (χ1v) is 9.99. The summed E-state index contributed by atoms with van der Waals surface area (Å²) < 4.78 is 40.5. The third kappa shape index (κ3) is 4.64. The molecule has 0 spiro atoms. The quantitative estimate of drug-likeness (QED) is 0.334. The van der Waals surface area contributed by atoms with Crippen LogP contribution in [0.5, 0.6) is 0 Å². The van der Waals surface area contributed by atoms with Gasteiger partial charge in [0.2, 0.25) is 0 Å². The van der Waals surface area contributed by atoms with Gasteiger partial charge in [0.1, 0.15) is 5.15 Å². The van der Waals surface area contributed by atoms with E-state index in [2.05, 4.69) is 9.97 Å². The Labute approximate surface area is 182 Å². The van der Waals surface area contributed by atoms with Crippen molar-refractivity contribution in [1.29, 1.82) is 0 Å². The van der Waals surface area contributed by atoms with Crippen molar-refractivity contribution in [3.8, 4) is 17.1 Å². The summed E-state index contributed by atoms with van der Waals surface area (Å²) in [5, 5.41) is 0.334. The van der Waals surface area contributed by atoms with Crippen molar-refractivity contribution in [1.82, 2.24) is 19.1 Å². The Morgan fingerprint density at radius 3 is 2.58 bits per heavy atom. The maximum Gasteiger partial charge on any atom is 0.446 e. The van der Waals surface area contributed by atoms with E-state index in [0.717, 1.165) is 16.2 Å². The standard InChI is InChI=1S/C20H12ClF3N4O2S/c21-16-7-6-12(10-25-16)11-27-8-2-5-15-17(27)26-19(30)28(18(15)29)13-3-1-4-14(9-13)31-20(22,23)24/h1-10H,11H2. The molecule has 0 N–H and O–H groups in total. The number of rotatable bonds is 4. The monoisotopic (exact) mass is 464 g/mol. The molecule has 1 aromatic carbocycles. The summed E-state index contributed by atoms with van der Waals surface area (Å²) in [6.07, 6.45) is 3.23. The van der Waals surface area contributed by atoms with Gasteiger partial charge in [-0.1, -0.05) is 23.7 Å². The average molecular weight is 465 g/mol. The number of hydrogen-bond donors (Lipinski definition) is 0. The highest BCUT2D eigenvalue weighted by molar-refractivity contribution is 8.00. The van der Waals surface area contributed by atoms with Gasteiger partial charge in [0.15, 0.2) is 5.82 Å². The van der Waals surface area contributed by atoms with Crippen molar-refractivity contribution in [3.05, 3.63) is 92.5 Å². The number of alkyl halides is 3. The highest BCUT2D eigenvalue weighted by atomic mass is 35.5. The highest BCUT2D eigenvalue weighted by Gasteiger charge is 2.29. The van der Waals surface area contributed by atoms with Crippen LogP contribution >= 0.6 is 23.4 Å². The minimum absolute atomic E-state index is 0.0101. The van der Waals surface area contributed by atoms with Gasteiger partial charge >= 0.3 is 11.2 Å². The van der Waals surface area contributed by atoms with Crippen LogP contribution in [0, 0.1) is 0 Å². The first-order chi connectivity index (χ1) is 14.7. The highest BCUT2D eigenvalue weighted by Crippen LogP contribution is 2.37. The van der Waals surface area contributed by atoms with E-state index < -0.39 is 16.8 Å². The number of pyridine rings is 2. The van der Waals surface area contributed by atoms with Crippen molar-refractivity contribution in [2.75, 3.05) is 0 Å². The van der Waals surface area contributed by atoms with Gasteiger partial charge in [0.05, 0.1) is 17.8 Å². The molecule has 0 bridgehead atoms. The zero-order valence-electron chi connectivity index (χ0n) is 15.5. The van der Waals surface area contributed by atoms with Crippen molar-refractivity contribution in [3.63, 3.8) is 0 Å². The number of hydrogen-bond acceptors (Lipinski definition) is 5. The molecule has 0 saturated carbocycles. The number of aromatic nitrogens is 4. The fourth-order valence-electron chi connectivity index (χ4n) is 3.05. The van der Waals surface area contributed by atoms with Crippen LogP contribution in [-0.4, -0.2) is 24.6 Å². The lowest BCUT2D eigenvalue weighted by molar-refractivity contribution is -0.0328. The van der Waals surface area contributed by atoms with E-state index in [1.807, 2.05) is 0 Å². The van der Waals surface area contributed by atoms with Crippen LogP contribution in [0.15, 0.2) is 75.4 Å². The Morgan fingerprint density at radius 2 is 1.87 bits per heavy atom. The fourth-order valence-corrected chi connectivity index (χ4v) is 3.76. The Hall–Kier alpha value is -3.11. The molecule has 0 saturated heterocycles. The van der Waals surface area contributed by atoms with Crippen LogP contribution < -0.4 is 11.2 Å². The van der Waals surface area contributed by atoms with E-state index in [9.17, 15) is 22.8 Å². The van der Waals surface area contributed by atoms with Crippen LogP contribution in [0.3, 0.4) is 0 Å². The zero-order chi connectivity index (χ0) is 22.2. The number of benzene rings is 1. The van der Waals surface area contributed by atoms with E-state index in [1.165, 1.54) is 24.3 Å². The van der Waals surface area contributed by atoms with Crippen molar-refractivity contribution in [2.45, 2.75) is 16.9 Å². The molecule has 0 amide bonds. The molecule has 0 fully saturated rings. The van der Waals surface area contributed by atoms with E-state index in [-0.39, 0.29) is 40.3 Å². The number of nitrogens with zero attached hydrogens (tertiary/aromatic N) is 4. The maximum atomic E-state index is 13.0. The van der Waals surface area contributed by atoms with Gasteiger partial charge in [-0.05, 0) is 53.7 Å². The van der Waals surface area contributed by atoms with E-state index in [1.54, 1.807) is 35.2 Å². The van der Waals surface area contributed by atoms with Gasteiger partial charge in [0.25, 0.3) is 5.56 Å². The Kier molecular flexibility index (Phi) is 5.59. The van der Waals surface area contributed by atoms with Gasteiger partial charge < -0.3 is 4.57 Å². The molecule has 4 rings (SSSR count). The Balaban J connectivity index is 1.80. The summed E-state index contributed by atoms with van der Waals surface area (Å²) in [6, 6.07) is 11.6. The van der Waals surface area contributed by atoms with Crippen molar-refractivity contribution in [2.24, 2.45) is 0 Å². The molecule has 2 aliphatic rings. The van der Waals surface area contributed by atoms with E-state index in [0.29, 0.717) is 5.15 Å². The molecule has 11 heteroatoms. The third-order valence-corrected chi connectivity index (χ3v) is 5.26. The second-order valence-corrected chi connectivity index (χ2v) is 7.97. The van der Waals surface area contributed by atoms with Gasteiger partial charge in [-0.3, -0.25) is 4.79 Å². The van der Waals surface area contributed by atoms with Crippen LogP contribution in [0.4, 0.5) is 13.2 Å². The topological polar surface area (TPSA) is 69.8 Å². The van der Waals surface area contributed by atoms with Gasteiger partial charge in [0, 0.05) is 17.3 Å². The molecule has 0 unspecified atom stereocenters. The lowest BCUT2D eigenvalue weighted by Gasteiger charge is -2.15. The molecule has 31 heavy (non-hydrogen) atoms. The maximum absolute atomic E-state index is 13.0. The molecule has 158 valence electrons. The minimum atomic E-state index is -4.49. The smallest absolute Gasteiger partial charge is 0.328 e. The lowest BCUT2D eigenvalue weighted by atomic mass is 10.2. The summed E-state index contributed by atoms with van der Waals surface area (Å²) in [7, 11) is 0. The Bertz CT molecular complexity index is 1340. The zero-order valence-corrected chi connectivity index (χ0v) is 17.1. The normalized spacial score (nSPS) is 11.7. The second-order valence-electron chi connectivity index (χ2n) is 6.44. The van der Waals surface area contributed by atoms with Gasteiger partial charge in [-0.2, -0.15) is 18.2 Å². The van der Waals surface area contributed by atoms with Crippen LogP contribution in [0.2, 0.25) is 5.15 Å². The molecule has 0 atom stereocenters. The molecule has 2 aromatic rings. The van der Waals surface area contributed by atoms with Crippen LogP contribution in [0.25, 0.3) is 17.1 Å². The first-order valence-electron chi connectivity index (χ1n) is 8.80. The fraction of sp³-hybridized carbons (Fsp3) is 0.100. The number of halogens is 4. The summed E-state index contributed by atoms with van der Waals surface area (Å²) in [4.78, 5) is 33.6. The summed E-state index contributed by atoms with van der Waals surface area (Å²) >= 11 is 5.47. The first kappa shape index (κ1) is 21.1. The predicted molar refractivity (Wildman–Crippen MR) is 111 cm³/mol.